The number of carbonyl (C=O) groups excluding carboxylic acids is 6. The number of unbranched alkanes of at least 4 members (excludes halogenated alkanes) is 1. The maximum absolute atomic E-state index is 13.3. The Bertz CT molecular complexity index is 1280. The Balaban J connectivity index is 5.75. The van der Waals surface area contributed by atoms with Gasteiger partial charge in [-0.15, -0.1) is 0 Å². The third-order valence-corrected chi connectivity index (χ3v) is 7.66. The first-order valence-corrected chi connectivity index (χ1v) is 16.7. The number of hydrogen-bond acceptors (Lipinski definition) is 12. The Morgan fingerprint density at radius 1 is 0.538 bits per heavy atom. The van der Waals surface area contributed by atoms with Crippen LogP contribution >= 0.6 is 0 Å². The summed E-state index contributed by atoms with van der Waals surface area (Å²) in [5, 5.41) is 51.7. The first-order valence-electron chi connectivity index (χ1n) is 16.7. The Morgan fingerprint density at radius 2 is 1.00 bits per heavy atom. The van der Waals surface area contributed by atoms with E-state index in [1.54, 1.807) is 13.8 Å². The summed E-state index contributed by atoms with van der Waals surface area (Å²) in [7, 11) is 0. The normalized spacial score (nSPS) is 15.6. The van der Waals surface area contributed by atoms with Gasteiger partial charge in [0, 0.05) is 12.8 Å². The van der Waals surface area contributed by atoms with Crippen molar-refractivity contribution in [1.82, 2.24) is 31.9 Å². The summed E-state index contributed by atoms with van der Waals surface area (Å²) >= 11 is 0. The summed E-state index contributed by atoms with van der Waals surface area (Å²) in [4.78, 5) is 111. The van der Waals surface area contributed by atoms with Crippen LogP contribution in [0.2, 0.25) is 0 Å². The highest BCUT2D eigenvalue weighted by Crippen LogP contribution is 2.07. The summed E-state index contributed by atoms with van der Waals surface area (Å²) in [6.07, 6.45) is -2.25. The zero-order valence-corrected chi connectivity index (χ0v) is 30.0. The Morgan fingerprint density at radius 3 is 1.48 bits per heavy atom. The molecule has 0 spiro atoms. The molecule has 14 N–H and O–H groups in total. The minimum atomic E-state index is -1.74. The highest BCUT2D eigenvalue weighted by atomic mass is 16.4. The van der Waals surface area contributed by atoms with Crippen LogP contribution in [0, 0.1) is 5.92 Å². The molecule has 0 aromatic rings. The molecule has 21 nitrogen and oxygen atoms in total. The van der Waals surface area contributed by atoms with E-state index in [2.05, 4.69) is 31.9 Å². The molecule has 0 aromatic carbocycles. The maximum atomic E-state index is 13.3. The van der Waals surface area contributed by atoms with Gasteiger partial charge in [-0.3, -0.25) is 38.4 Å². The number of aliphatic carboxylic acids is 3. The van der Waals surface area contributed by atoms with Crippen LogP contribution in [0.1, 0.15) is 79.6 Å². The number of aliphatic hydroxyl groups is 1. The van der Waals surface area contributed by atoms with Gasteiger partial charge in [-0.1, -0.05) is 13.8 Å². The lowest BCUT2D eigenvalue weighted by Gasteiger charge is -2.29. The summed E-state index contributed by atoms with van der Waals surface area (Å²) in [5.41, 5.74) is 11.1. The van der Waals surface area contributed by atoms with Crippen molar-refractivity contribution in [3.63, 3.8) is 0 Å². The van der Waals surface area contributed by atoms with Gasteiger partial charge in [0.1, 0.15) is 36.3 Å². The van der Waals surface area contributed by atoms with E-state index in [1.165, 1.54) is 13.8 Å². The van der Waals surface area contributed by atoms with Crippen molar-refractivity contribution in [3.05, 3.63) is 0 Å². The predicted molar refractivity (Wildman–Crippen MR) is 182 cm³/mol. The van der Waals surface area contributed by atoms with Gasteiger partial charge in [-0.05, 0) is 65.3 Å². The number of nitrogens with two attached hydrogens (primary N) is 2. The van der Waals surface area contributed by atoms with Gasteiger partial charge in [0.25, 0.3) is 0 Å². The summed E-state index contributed by atoms with van der Waals surface area (Å²) in [6.45, 7) is 7.09. The van der Waals surface area contributed by atoms with Gasteiger partial charge >= 0.3 is 17.9 Å². The zero-order chi connectivity index (χ0) is 40.3. The second-order valence-electron chi connectivity index (χ2n) is 12.6. The SMILES string of the molecule is CC(NC(=O)C(N)CCC(=O)O)C(=O)NC(C(=O)NC(C(=O)NC(CCC(=O)O)C(=O)NC(C)C(=O)NC(CCCCN)C(=O)O)C(C)O)C(C)C. The minimum Gasteiger partial charge on any atom is -0.481 e. The zero-order valence-electron chi connectivity index (χ0n) is 30.0. The first-order chi connectivity index (χ1) is 24.1. The average Bonchev–Trinajstić information content (AvgIpc) is 3.04. The average molecular weight is 747 g/mol. The van der Waals surface area contributed by atoms with Crippen LogP contribution in [0.5, 0.6) is 0 Å². The Kier molecular flexibility index (Phi) is 21.3. The standard InChI is InChI=1S/C31H54N8O13/c1-14(2)23(38-26(46)16(4)34-27(47)18(33)9-11-21(41)42)29(49)39-24(17(5)40)30(50)36-19(10-12-22(43)44)28(48)35-15(3)25(45)37-20(31(51)52)8-6-7-13-32/h14-20,23-24,40H,6-13,32-33H2,1-5H3,(H,34,47)(H,35,48)(H,36,50)(H,37,45)(H,38,46)(H,39,49)(H,41,42)(H,43,44)(H,51,52). The van der Waals surface area contributed by atoms with Crippen LogP contribution in [0.25, 0.3) is 0 Å². The first kappa shape index (κ1) is 47.1. The van der Waals surface area contributed by atoms with E-state index in [1.807, 2.05) is 0 Å². The number of amides is 6. The van der Waals surface area contributed by atoms with Crippen molar-refractivity contribution in [2.75, 3.05) is 6.54 Å². The highest BCUT2D eigenvalue weighted by Gasteiger charge is 2.35. The van der Waals surface area contributed by atoms with Crippen molar-refractivity contribution in [3.8, 4) is 0 Å². The summed E-state index contributed by atoms with van der Waals surface area (Å²) < 4.78 is 0. The van der Waals surface area contributed by atoms with Crippen molar-refractivity contribution in [2.45, 2.75) is 128 Å². The van der Waals surface area contributed by atoms with Crippen molar-refractivity contribution < 1.29 is 63.6 Å². The molecule has 0 heterocycles. The third-order valence-electron chi connectivity index (χ3n) is 7.66. The molecular weight excluding hydrogens is 692 g/mol. The number of carboxylic acid groups (broad SMARTS) is 3. The molecule has 21 heteroatoms. The van der Waals surface area contributed by atoms with Crippen molar-refractivity contribution >= 4 is 53.4 Å². The molecule has 0 saturated carbocycles. The van der Waals surface area contributed by atoms with E-state index >= 15 is 0 Å². The van der Waals surface area contributed by atoms with E-state index in [0.29, 0.717) is 19.4 Å². The second-order valence-corrected chi connectivity index (χ2v) is 12.6. The number of aliphatic hydroxyl groups excluding tert-OH is 1. The fourth-order valence-corrected chi connectivity index (χ4v) is 4.48. The second kappa shape index (κ2) is 23.6. The molecular formula is C31H54N8O13. The molecule has 8 unspecified atom stereocenters. The number of rotatable bonds is 25. The van der Waals surface area contributed by atoms with E-state index in [0.717, 1.165) is 6.92 Å². The molecule has 0 aliphatic carbocycles. The van der Waals surface area contributed by atoms with Gasteiger partial charge in [-0.2, -0.15) is 0 Å². The highest BCUT2D eigenvalue weighted by molar-refractivity contribution is 5.97. The van der Waals surface area contributed by atoms with Gasteiger partial charge in [0.15, 0.2) is 0 Å². The number of hydrogen-bond donors (Lipinski definition) is 12. The summed E-state index contributed by atoms with van der Waals surface area (Å²) in [5.74, 6) is -10.0. The maximum Gasteiger partial charge on any atom is 0.326 e. The Hall–Kier alpha value is -4.89. The van der Waals surface area contributed by atoms with Crippen LogP contribution in [-0.4, -0.2) is 129 Å². The van der Waals surface area contributed by atoms with Crippen LogP contribution in [0.3, 0.4) is 0 Å². The van der Waals surface area contributed by atoms with Gasteiger partial charge in [-0.25, -0.2) is 4.79 Å². The molecule has 0 radical (unpaired) electrons. The van der Waals surface area contributed by atoms with E-state index < -0.39 is 121 Å². The molecule has 296 valence electrons. The number of carboxylic acids is 3. The molecule has 0 aliphatic heterocycles. The topological polar surface area (TPSA) is 359 Å². The molecule has 8 atom stereocenters. The molecule has 6 amide bonds. The van der Waals surface area contributed by atoms with Crippen LogP contribution in [0.15, 0.2) is 0 Å². The fourth-order valence-electron chi connectivity index (χ4n) is 4.48. The van der Waals surface area contributed by atoms with Crippen LogP contribution < -0.4 is 43.4 Å². The van der Waals surface area contributed by atoms with Gasteiger partial charge in [0.2, 0.25) is 35.4 Å². The minimum absolute atomic E-state index is 0.0739. The number of carbonyl (C=O) groups is 9. The smallest absolute Gasteiger partial charge is 0.326 e. The molecule has 0 rings (SSSR count). The molecule has 0 bridgehead atoms. The summed E-state index contributed by atoms with van der Waals surface area (Å²) in [6, 6.07) is -9.70. The predicted octanol–water partition coefficient (Wildman–Crippen LogP) is -3.76. The van der Waals surface area contributed by atoms with E-state index in [9.17, 15) is 58.5 Å². The molecule has 0 saturated heterocycles. The van der Waals surface area contributed by atoms with Gasteiger partial charge in [0.05, 0.1) is 12.1 Å². The fraction of sp³-hybridized carbons (Fsp3) is 0.710. The van der Waals surface area contributed by atoms with Crippen LogP contribution in [0.4, 0.5) is 0 Å². The number of nitrogens with one attached hydrogen (secondary N) is 6. The third kappa shape index (κ3) is 17.9. The molecule has 52 heavy (non-hydrogen) atoms. The lowest BCUT2D eigenvalue weighted by molar-refractivity contribution is -0.142. The van der Waals surface area contributed by atoms with Crippen LogP contribution in [-0.2, 0) is 43.2 Å². The Labute approximate surface area is 300 Å². The van der Waals surface area contributed by atoms with Gasteiger partial charge < -0.3 is 63.8 Å². The van der Waals surface area contributed by atoms with Crippen molar-refractivity contribution in [1.29, 1.82) is 0 Å². The molecule has 0 aliphatic rings. The van der Waals surface area contributed by atoms with E-state index in [4.69, 9.17) is 16.6 Å². The van der Waals surface area contributed by atoms with Crippen molar-refractivity contribution in [2.24, 2.45) is 17.4 Å². The molecule has 0 aromatic heterocycles. The lowest BCUT2D eigenvalue weighted by Crippen LogP contribution is -2.62. The monoisotopic (exact) mass is 746 g/mol. The lowest BCUT2D eigenvalue weighted by atomic mass is 10.0. The van der Waals surface area contributed by atoms with E-state index in [-0.39, 0.29) is 19.3 Å². The quantitative estimate of drug-likeness (QED) is 0.0399. The largest absolute Gasteiger partial charge is 0.481 e. The molecule has 0 fully saturated rings.